The number of anilines is 1. The molecule has 1 saturated heterocycles. The van der Waals surface area contributed by atoms with Crippen LogP contribution >= 0.6 is 11.6 Å². The molecule has 1 amide bonds. The Morgan fingerprint density at radius 1 is 1.50 bits per heavy atom. The highest BCUT2D eigenvalue weighted by atomic mass is 35.5. The number of carbonyl (C=O) groups excluding carboxylic acids is 1. The molecule has 2 rings (SSSR count). The van der Waals surface area contributed by atoms with Crippen molar-refractivity contribution < 1.29 is 17.6 Å². The van der Waals surface area contributed by atoms with Crippen LogP contribution in [-0.4, -0.2) is 49.9 Å². The molecule has 1 atom stereocenters. The van der Waals surface area contributed by atoms with E-state index in [9.17, 15) is 17.6 Å². The van der Waals surface area contributed by atoms with Gasteiger partial charge in [-0.25, -0.2) is 12.8 Å². The van der Waals surface area contributed by atoms with E-state index in [1.807, 2.05) is 0 Å². The molecule has 8 heteroatoms. The Kier molecular flexibility index (Phi) is 5.28. The number of para-hydroxylation sites is 1. The van der Waals surface area contributed by atoms with Crippen molar-refractivity contribution in [3.63, 3.8) is 0 Å². The average molecular weight is 349 g/mol. The lowest BCUT2D eigenvalue weighted by atomic mass is 10.2. The minimum absolute atomic E-state index is 0.00691. The summed E-state index contributed by atoms with van der Waals surface area (Å²) in [6.45, 7) is 2.07. The van der Waals surface area contributed by atoms with E-state index in [0.717, 1.165) is 0 Å². The van der Waals surface area contributed by atoms with Crippen LogP contribution in [0.2, 0.25) is 5.02 Å². The van der Waals surface area contributed by atoms with E-state index in [4.69, 9.17) is 11.6 Å². The Morgan fingerprint density at radius 2 is 2.23 bits per heavy atom. The van der Waals surface area contributed by atoms with Crippen molar-refractivity contribution in [3.05, 3.63) is 29.0 Å². The zero-order valence-corrected chi connectivity index (χ0v) is 13.8. The van der Waals surface area contributed by atoms with E-state index >= 15 is 0 Å². The molecular weight excluding hydrogens is 331 g/mol. The molecule has 0 radical (unpaired) electrons. The van der Waals surface area contributed by atoms with Gasteiger partial charge in [-0.1, -0.05) is 17.7 Å². The Bertz CT molecular complexity index is 646. The van der Waals surface area contributed by atoms with Crippen LogP contribution in [0.3, 0.4) is 0 Å². The molecule has 0 spiro atoms. The molecular formula is C14H18ClFN2O3S. The quantitative estimate of drug-likeness (QED) is 0.883. The van der Waals surface area contributed by atoms with Crippen LogP contribution in [0.4, 0.5) is 10.1 Å². The van der Waals surface area contributed by atoms with Crippen molar-refractivity contribution in [2.75, 3.05) is 29.9 Å². The van der Waals surface area contributed by atoms with Gasteiger partial charge in [0.25, 0.3) is 0 Å². The second-order valence-electron chi connectivity index (χ2n) is 5.19. The molecule has 122 valence electrons. The molecule has 1 aromatic rings. The normalized spacial score (nSPS) is 19.9. The molecule has 0 bridgehead atoms. The summed E-state index contributed by atoms with van der Waals surface area (Å²) in [6.07, 6.45) is 0.447. The number of nitrogens with one attached hydrogen (secondary N) is 1. The third-order valence-corrected chi connectivity index (χ3v) is 5.75. The van der Waals surface area contributed by atoms with Crippen molar-refractivity contribution >= 4 is 33.0 Å². The predicted octanol–water partition coefficient (Wildman–Crippen LogP) is 1.93. The van der Waals surface area contributed by atoms with Crippen molar-refractivity contribution in [3.8, 4) is 0 Å². The molecule has 5 nitrogen and oxygen atoms in total. The van der Waals surface area contributed by atoms with Crippen LogP contribution in [0.25, 0.3) is 0 Å². The van der Waals surface area contributed by atoms with E-state index in [2.05, 4.69) is 5.32 Å². The fourth-order valence-electron chi connectivity index (χ4n) is 2.59. The van der Waals surface area contributed by atoms with Gasteiger partial charge in [0, 0.05) is 12.6 Å². The van der Waals surface area contributed by atoms with Crippen LogP contribution in [0.1, 0.15) is 13.3 Å². The molecule has 1 aliphatic rings. The first-order chi connectivity index (χ1) is 10.3. The van der Waals surface area contributed by atoms with Crippen LogP contribution in [0, 0.1) is 5.82 Å². The summed E-state index contributed by atoms with van der Waals surface area (Å²) < 4.78 is 36.7. The van der Waals surface area contributed by atoms with Crippen LogP contribution in [0.5, 0.6) is 0 Å². The van der Waals surface area contributed by atoms with E-state index in [-0.39, 0.29) is 40.7 Å². The van der Waals surface area contributed by atoms with E-state index < -0.39 is 15.7 Å². The number of nitrogens with zero attached hydrogens (tertiary/aromatic N) is 1. The fourth-order valence-corrected chi connectivity index (χ4v) is 4.55. The SMILES string of the molecule is CCN(C(=O)CNc1c(F)cccc1Cl)[C@H]1CCS(=O)(=O)C1. The zero-order valence-electron chi connectivity index (χ0n) is 12.2. The molecule has 1 fully saturated rings. The average Bonchev–Trinajstić information content (AvgIpc) is 2.79. The van der Waals surface area contributed by atoms with Crippen molar-refractivity contribution in [1.29, 1.82) is 0 Å². The molecule has 1 heterocycles. The number of amides is 1. The molecule has 1 N–H and O–H groups in total. The number of sulfone groups is 1. The minimum Gasteiger partial charge on any atom is -0.373 e. The molecule has 0 aromatic heterocycles. The third-order valence-electron chi connectivity index (χ3n) is 3.69. The lowest BCUT2D eigenvalue weighted by Gasteiger charge is -2.27. The fraction of sp³-hybridized carbons (Fsp3) is 0.500. The lowest BCUT2D eigenvalue weighted by molar-refractivity contribution is -0.130. The smallest absolute Gasteiger partial charge is 0.242 e. The van der Waals surface area contributed by atoms with Gasteiger partial charge >= 0.3 is 0 Å². The maximum absolute atomic E-state index is 13.6. The zero-order chi connectivity index (χ0) is 16.3. The maximum Gasteiger partial charge on any atom is 0.242 e. The number of hydrogen-bond acceptors (Lipinski definition) is 4. The van der Waals surface area contributed by atoms with Gasteiger partial charge in [0.1, 0.15) is 5.82 Å². The topological polar surface area (TPSA) is 66.5 Å². The maximum atomic E-state index is 13.6. The highest BCUT2D eigenvalue weighted by Gasteiger charge is 2.33. The van der Waals surface area contributed by atoms with Gasteiger partial charge in [0.05, 0.1) is 28.8 Å². The Hall–Kier alpha value is -1.34. The molecule has 0 aliphatic carbocycles. The summed E-state index contributed by atoms with van der Waals surface area (Å²) in [6, 6.07) is 3.95. The standard InChI is InChI=1S/C14H18ClFN2O3S/c1-2-18(10-6-7-22(20,21)9-10)13(19)8-17-14-11(15)4-3-5-12(14)16/h3-5,10,17H,2,6-9H2,1H3/t10-/m0/s1. The number of likely N-dealkylation sites (N-methyl/N-ethyl adjacent to an activating group) is 1. The van der Waals surface area contributed by atoms with Gasteiger partial charge < -0.3 is 10.2 Å². The Morgan fingerprint density at radius 3 is 2.77 bits per heavy atom. The summed E-state index contributed by atoms with van der Waals surface area (Å²) in [7, 11) is -3.06. The van der Waals surface area contributed by atoms with Gasteiger partial charge in [0.2, 0.25) is 5.91 Å². The summed E-state index contributed by atoms with van der Waals surface area (Å²) in [4.78, 5) is 13.8. The van der Waals surface area contributed by atoms with Gasteiger partial charge in [0.15, 0.2) is 9.84 Å². The van der Waals surface area contributed by atoms with Crippen LogP contribution < -0.4 is 5.32 Å². The van der Waals surface area contributed by atoms with Crippen molar-refractivity contribution in [1.82, 2.24) is 4.90 Å². The molecule has 1 aromatic carbocycles. The van der Waals surface area contributed by atoms with Crippen molar-refractivity contribution in [2.24, 2.45) is 0 Å². The van der Waals surface area contributed by atoms with Crippen LogP contribution in [-0.2, 0) is 14.6 Å². The number of halogens is 2. The first-order valence-electron chi connectivity index (χ1n) is 7.02. The number of rotatable bonds is 5. The minimum atomic E-state index is -3.06. The lowest BCUT2D eigenvalue weighted by Crippen LogP contribution is -2.43. The first kappa shape index (κ1) is 17.0. The van der Waals surface area contributed by atoms with Gasteiger partial charge in [-0.3, -0.25) is 4.79 Å². The Balaban J connectivity index is 2.01. The highest BCUT2D eigenvalue weighted by molar-refractivity contribution is 7.91. The molecule has 1 aliphatic heterocycles. The summed E-state index contributed by atoms with van der Waals surface area (Å²) in [5.74, 6) is -0.711. The van der Waals surface area contributed by atoms with Gasteiger partial charge in [-0.05, 0) is 25.5 Å². The number of benzene rings is 1. The van der Waals surface area contributed by atoms with E-state index in [1.54, 1.807) is 6.92 Å². The second kappa shape index (κ2) is 6.83. The molecule has 22 heavy (non-hydrogen) atoms. The van der Waals surface area contributed by atoms with Gasteiger partial charge in [-0.2, -0.15) is 0 Å². The summed E-state index contributed by atoms with van der Waals surface area (Å²) in [5.41, 5.74) is 0.0765. The molecule has 0 saturated carbocycles. The van der Waals surface area contributed by atoms with Crippen molar-refractivity contribution in [2.45, 2.75) is 19.4 Å². The van der Waals surface area contributed by atoms with Crippen LogP contribution in [0.15, 0.2) is 18.2 Å². The monoisotopic (exact) mass is 348 g/mol. The van der Waals surface area contributed by atoms with Gasteiger partial charge in [-0.15, -0.1) is 0 Å². The summed E-state index contributed by atoms with van der Waals surface area (Å²) in [5, 5.41) is 2.89. The second-order valence-corrected chi connectivity index (χ2v) is 7.82. The predicted molar refractivity (Wildman–Crippen MR) is 84.3 cm³/mol. The highest BCUT2D eigenvalue weighted by Crippen LogP contribution is 2.24. The number of carbonyl (C=O) groups is 1. The third kappa shape index (κ3) is 3.89. The summed E-state index contributed by atoms with van der Waals surface area (Å²) >= 11 is 5.88. The largest absolute Gasteiger partial charge is 0.373 e. The number of hydrogen-bond donors (Lipinski definition) is 1. The van der Waals surface area contributed by atoms with E-state index in [1.165, 1.54) is 23.1 Å². The Labute approximate surface area is 134 Å². The molecule has 0 unspecified atom stereocenters. The van der Waals surface area contributed by atoms with E-state index in [0.29, 0.717) is 13.0 Å². The first-order valence-corrected chi connectivity index (χ1v) is 9.21.